The zero-order chi connectivity index (χ0) is 24.2. The van der Waals surface area contributed by atoms with E-state index in [-0.39, 0.29) is 11.8 Å². The Balaban J connectivity index is 1.41. The van der Waals surface area contributed by atoms with Crippen molar-refractivity contribution >= 4 is 34.1 Å². The van der Waals surface area contributed by atoms with Gasteiger partial charge in [-0.3, -0.25) is 9.59 Å². The van der Waals surface area contributed by atoms with Crippen LogP contribution in [0.2, 0.25) is 0 Å². The largest absolute Gasteiger partial charge is 0.322 e. The molecule has 0 bridgehead atoms. The minimum absolute atomic E-state index is 0.211. The molecule has 4 aromatic carbocycles. The predicted octanol–water partition coefficient (Wildman–Crippen LogP) is 6.71. The molecule has 1 aromatic heterocycles. The van der Waals surface area contributed by atoms with Crippen LogP contribution in [0, 0.1) is 6.92 Å². The number of nitrogens with zero attached hydrogens (tertiary/aromatic N) is 1. The number of aryl methyl sites for hydroxylation is 1. The number of pyridine rings is 1. The van der Waals surface area contributed by atoms with Crippen LogP contribution in [0.15, 0.2) is 109 Å². The maximum absolute atomic E-state index is 13.4. The first kappa shape index (κ1) is 22.0. The number of amides is 2. The second kappa shape index (κ2) is 9.61. The molecule has 1 heterocycles. The smallest absolute Gasteiger partial charge is 0.256 e. The zero-order valence-corrected chi connectivity index (χ0v) is 19.2. The van der Waals surface area contributed by atoms with Gasteiger partial charge in [0.2, 0.25) is 0 Å². The van der Waals surface area contributed by atoms with E-state index in [0.717, 1.165) is 33.4 Å². The molecule has 0 aliphatic heterocycles. The Morgan fingerprint density at radius 1 is 0.657 bits per heavy atom. The fourth-order valence-electron chi connectivity index (χ4n) is 3.91. The molecule has 5 heteroatoms. The third-order valence-electron chi connectivity index (χ3n) is 5.71. The van der Waals surface area contributed by atoms with Crippen LogP contribution in [0.3, 0.4) is 0 Å². The van der Waals surface area contributed by atoms with Crippen LogP contribution in [-0.2, 0) is 0 Å². The molecule has 2 amide bonds. The van der Waals surface area contributed by atoms with Crippen LogP contribution in [0.25, 0.3) is 22.2 Å². The van der Waals surface area contributed by atoms with Gasteiger partial charge in [-0.1, -0.05) is 60.2 Å². The Morgan fingerprint density at radius 2 is 1.29 bits per heavy atom. The summed E-state index contributed by atoms with van der Waals surface area (Å²) < 4.78 is 0. The third kappa shape index (κ3) is 4.94. The molecule has 0 aliphatic carbocycles. The van der Waals surface area contributed by atoms with E-state index in [1.54, 1.807) is 24.3 Å². The number of benzene rings is 4. The number of fused-ring (bicyclic) bond motifs is 1. The topological polar surface area (TPSA) is 71.1 Å². The minimum Gasteiger partial charge on any atom is -0.322 e. The van der Waals surface area contributed by atoms with Gasteiger partial charge in [0.15, 0.2) is 0 Å². The highest BCUT2D eigenvalue weighted by Gasteiger charge is 2.15. The summed E-state index contributed by atoms with van der Waals surface area (Å²) in [4.78, 5) is 30.7. The average Bonchev–Trinajstić information content (AvgIpc) is 2.89. The molecule has 0 spiro atoms. The van der Waals surface area contributed by atoms with Crippen molar-refractivity contribution in [1.29, 1.82) is 0 Å². The number of carbonyl (C=O) groups excluding carboxylic acids is 2. The lowest BCUT2D eigenvalue weighted by Gasteiger charge is -2.12. The van der Waals surface area contributed by atoms with Crippen molar-refractivity contribution in [1.82, 2.24) is 4.98 Å². The third-order valence-corrected chi connectivity index (χ3v) is 5.71. The molecule has 0 saturated heterocycles. The summed E-state index contributed by atoms with van der Waals surface area (Å²) in [6.45, 7) is 1.99. The summed E-state index contributed by atoms with van der Waals surface area (Å²) in [7, 11) is 0. The lowest BCUT2D eigenvalue weighted by atomic mass is 10.0. The van der Waals surface area contributed by atoms with Gasteiger partial charge in [0.1, 0.15) is 0 Å². The first-order chi connectivity index (χ1) is 17.1. The normalized spacial score (nSPS) is 10.7. The highest BCUT2D eigenvalue weighted by molar-refractivity contribution is 6.13. The highest BCUT2D eigenvalue weighted by Crippen LogP contribution is 2.26. The molecule has 2 N–H and O–H groups in total. The molecule has 0 unspecified atom stereocenters. The highest BCUT2D eigenvalue weighted by atomic mass is 16.2. The lowest BCUT2D eigenvalue weighted by Crippen LogP contribution is -2.14. The van der Waals surface area contributed by atoms with E-state index in [1.807, 2.05) is 91.9 Å². The fraction of sp³-hybridized carbons (Fsp3) is 0.0333. The van der Waals surface area contributed by atoms with Gasteiger partial charge in [0.25, 0.3) is 11.8 Å². The summed E-state index contributed by atoms with van der Waals surface area (Å²) >= 11 is 0. The molecule has 0 saturated carbocycles. The van der Waals surface area contributed by atoms with Crippen LogP contribution in [-0.4, -0.2) is 16.8 Å². The molecular weight excluding hydrogens is 434 g/mol. The zero-order valence-electron chi connectivity index (χ0n) is 19.2. The first-order valence-electron chi connectivity index (χ1n) is 11.3. The standard InChI is InChI=1S/C30H23N3O2/c1-20-12-17-27-25(18-20)26(19-28(33-27)21-8-4-2-5-9-21)30(35)32-24-15-13-22(14-16-24)29(34)31-23-10-6-3-7-11-23/h2-19H,1H3,(H,31,34)(H,32,35). The fourth-order valence-corrected chi connectivity index (χ4v) is 3.91. The molecule has 5 nitrogen and oxygen atoms in total. The van der Waals surface area contributed by atoms with Gasteiger partial charge in [0, 0.05) is 27.9 Å². The van der Waals surface area contributed by atoms with Gasteiger partial charge >= 0.3 is 0 Å². The summed E-state index contributed by atoms with van der Waals surface area (Å²) in [5.74, 6) is -0.446. The lowest BCUT2D eigenvalue weighted by molar-refractivity contribution is 0.102. The number of aromatic nitrogens is 1. The van der Waals surface area contributed by atoms with Gasteiger partial charge in [-0.25, -0.2) is 4.98 Å². The maximum Gasteiger partial charge on any atom is 0.256 e. The van der Waals surface area contributed by atoms with Crippen molar-refractivity contribution in [2.45, 2.75) is 6.92 Å². The molecule has 5 rings (SSSR count). The molecule has 0 fully saturated rings. The second-order valence-corrected chi connectivity index (χ2v) is 8.29. The van der Waals surface area contributed by atoms with Crippen molar-refractivity contribution in [3.8, 4) is 11.3 Å². The monoisotopic (exact) mass is 457 g/mol. The molecule has 170 valence electrons. The van der Waals surface area contributed by atoms with Gasteiger partial charge < -0.3 is 10.6 Å². The van der Waals surface area contributed by atoms with E-state index in [4.69, 9.17) is 4.98 Å². The van der Waals surface area contributed by atoms with Crippen molar-refractivity contribution < 1.29 is 9.59 Å². The van der Waals surface area contributed by atoms with Crippen LogP contribution < -0.4 is 10.6 Å². The average molecular weight is 458 g/mol. The molecule has 35 heavy (non-hydrogen) atoms. The van der Waals surface area contributed by atoms with E-state index in [1.165, 1.54) is 0 Å². The Kier molecular flexibility index (Phi) is 6.05. The Morgan fingerprint density at radius 3 is 2.00 bits per heavy atom. The first-order valence-corrected chi connectivity index (χ1v) is 11.3. The molecular formula is C30H23N3O2. The Bertz CT molecular complexity index is 1510. The van der Waals surface area contributed by atoms with E-state index >= 15 is 0 Å². The molecule has 0 radical (unpaired) electrons. The van der Waals surface area contributed by atoms with Gasteiger partial charge in [0.05, 0.1) is 16.8 Å². The van der Waals surface area contributed by atoms with Crippen molar-refractivity contribution in [3.63, 3.8) is 0 Å². The van der Waals surface area contributed by atoms with E-state index in [0.29, 0.717) is 16.8 Å². The van der Waals surface area contributed by atoms with Crippen LogP contribution >= 0.6 is 0 Å². The second-order valence-electron chi connectivity index (χ2n) is 8.29. The van der Waals surface area contributed by atoms with Gasteiger partial charge in [-0.05, 0) is 61.5 Å². The van der Waals surface area contributed by atoms with Gasteiger partial charge in [-0.15, -0.1) is 0 Å². The predicted molar refractivity (Wildman–Crippen MR) is 141 cm³/mol. The van der Waals surface area contributed by atoms with E-state index < -0.39 is 0 Å². The van der Waals surface area contributed by atoms with Crippen LogP contribution in [0.5, 0.6) is 0 Å². The summed E-state index contributed by atoms with van der Waals surface area (Å²) in [5, 5.41) is 6.62. The quantitative estimate of drug-likeness (QED) is 0.308. The summed E-state index contributed by atoms with van der Waals surface area (Å²) in [6.07, 6.45) is 0. The summed E-state index contributed by atoms with van der Waals surface area (Å²) in [6, 6.07) is 33.6. The molecule has 5 aromatic rings. The number of rotatable bonds is 5. The maximum atomic E-state index is 13.4. The SMILES string of the molecule is Cc1ccc2nc(-c3ccccc3)cc(C(=O)Nc3ccc(C(=O)Nc4ccccc4)cc3)c2c1. The number of nitrogens with one attached hydrogen (secondary N) is 2. The van der Waals surface area contributed by atoms with Crippen LogP contribution in [0.4, 0.5) is 11.4 Å². The minimum atomic E-state index is -0.235. The van der Waals surface area contributed by atoms with Crippen molar-refractivity contribution in [3.05, 3.63) is 126 Å². The summed E-state index contributed by atoms with van der Waals surface area (Å²) in [5.41, 5.74) is 5.86. The van der Waals surface area contributed by atoms with E-state index in [2.05, 4.69) is 10.6 Å². The Labute approximate surface area is 203 Å². The number of hydrogen-bond donors (Lipinski definition) is 2. The molecule has 0 atom stereocenters. The van der Waals surface area contributed by atoms with Crippen molar-refractivity contribution in [2.24, 2.45) is 0 Å². The van der Waals surface area contributed by atoms with Crippen LogP contribution in [0.1, 0.15) is 26.3 Å². The number of carbonyl (C=O) groups is 2. The van der Waals surface area contributed by atoms with E-state index in [9.17, 15) is 9.59 Å². The van der Waals surface area contributed by atoms with Gasteiger partial charge in [-0.2, -0.15) is 0 Å². The Hall–Kier alpha value is -4.77. The number of para-hydroxylation sites is 1. The molecule has 0 aliphatic rings. The number of anilines is 2. The van der Waals surface area contributed by atoms with Crippen molar-refractivity contribution in [2.75, 3.05) is 10.6 Å². The number of hydrogen-bond acceptors (Lipinski definition) is 3.